The molecule has 4 nitrogen and oxygen atoms in total. The smallest absolute Gasteiger partial charge is 0.314 e. The van der Waals surface area contributed by atoms with Crippen molar-refractivity contribution in [1.29, 1.82) is 0 Å². The number of hydrogen-bond acceptors (Lipinski definition) is 2. The van der Waals surface area contributed by atoms with Gasteiger partial charge in [-0.2, -0.15) is 0 Å². The Morgan fingerprint density at radius 2 is 2.08 bits per heavy atom. The summed E-state index contributed by atoms with van der Waals surface area (Å²) < 4.78 is 0. The molecule has 76 valence electrons. The summed E-state index contributed by atoms with van der Waals surface area (Å²) in [7, 11) is 0. The number of nitrogens with two attached hydrogens (primary N) is 2. The van der Waals surface area contributed by atoms with Crippen LogP contribution in [0.25, 0.3) is 0 Å². The molecule has 1 saturated heterocycles. The molecule has 0 aromatic rings. The lowest BCUT2D eigenvalue weighted by molar-refractivity contribution is 0.170. The molecule has 0 radical (unpaired) electrons. The Kier molecular flexibility index (Phi) is 3.54. The zero-order valence-electron chi connectivity index (χ0n) is 8.20. The molecule has 2 amide bonds. The molecule has 1 rings (SSSR count). The first kappa shape index (κ1) is 10.3. The minimum absolute atomic E-state index is 0.287. The van der Waals surface area contributed by atoms with Crippen molar-refractivity contribution in [2.75, 3.05) is 13.1 Å². The highest BCUT2D eigenvalue weighted by atomic mass is 16.2. The van der Waals surface area contributed by atoms with Crippen molar-refractivity contribution in [3.63, 3.8) is 0 Å². The van der Waals surface area contributed by atoms with Gasteiger partial charge in [-0.05, 0) is 25.2 Å². The largest absolute Gasteiger partial charge is 0.351 e. The van der Waals surface area contributed by atoms with E-state index in [4.69, 9.17) is 11.5 Å². The van der Waals surface area contributed by atoms with Crippen molar-refractivity contribution in [2.45, 2.75) is 32.2 Å². The van der Waals surface area contributed by atoms with Crippen LogP contribution in [0.15, 0.2) is 0 Å². The minimum Gasteiger partial charge on any atom is -0.351 e. The summed E-state index contributed by atoms with van der Waals surface area (Å²) in [5, 5.41) is 0. The highest BCUT2D eigenvalue weighted by Crippen LogP contribution is 2.20. The van der Waals surface area contributed by atoms with E-state index in [9.17, 15) is 4.79 Å². The lowest BCUT2D eigenvalue weighted by Crippen LogP contribution is -2.45. The van der Waals surface area contributed by atoms with Gasteiger partial charge < -0.3 is 16.4 Å². The highest BCUT2D eigenvalue weighted by molar-refractivity contribution is 5.72. The first-order valence-corrected chi connectivity index (χ1v) is 4.95. The number of rotatable bonds is 2. The van der Waals surface area contributed by atoms with Gasteiger partial charge in [0, 0.05) is 19.1 Å². The minimum atomic E-state index is -0.302. The van der Waals surface area contributed by atoms with E-state index in [1.54, 1.807) is 4.90 Å². The molecule has 13 heavy (non-hydrogen) atoms. The summed E-state index contributed by atoms with van der Waals surface area (Å²) in [5.74, 6) is 0.570. The SMILES string of the molecule is CCC(N)C1CCN(C(N)=O)CC1. The van der Waals surface area contributed by atoms with Crippen LogP contribution in [0.2, 0.25) is 0 Å². The van der Waals surface area contributed by atoms with Gasteiger partial charge >= 0.3 is 6.03 Å². The number of primary amides is 1. The third kappa shape index (κ3) is 2.59. The van der Waals surface area contributed by atoms with Gasteiger partial charge in [0.1, 0.15) is 0 Å². The van der Waals surface area contributed by atoms with Crippen LogP contribution in [0.3, 0.4) is 0 Å². The van der Waals surface area contributed by atoms with Crippen molar-refractivity contribution in [3.8, 4) is 0 Å². The third-order valence-electron chi connectivity index (χ3n) is 2.93. The quantitative estimate of drug-likeness (QED) is 0.658. The number of urea groups is 1. The summed E-state index contributed by atoms with van der Waals surface area (Å²) in [6.45, 7) is 3.65. The fourth-order valence-corrected chi connectivity index (χ4v) is 1.88. The number of hydrogen-bond donors (Lipinski definition) is 2. The predicted octanol–water partition coefficient (Wildman–Crippen LogP) is 0.514. The Morgan fingerprint density at radius 1 is 1.54 bits per heavy atom. The molecule has 1 atom stereocenters. The standard InChI is InChI=1S/C9H19N3O/c1-2-8(10)7-3-5-12(6-4-7)9(11)13/h7-8H,2-6,10H2,1H3,(H2,11,13). The van der Waals surface area contributed by atoms with Crippen LogP contribution in [-0.2, 0) is 0 Å². The molecular weight excluding hydrogens is 166 g/mol. The zero-order chi connectivity index (χ0) is 9.84. The molecule has 0 aliphatic carbocycles. The molecule has 1 fully saturated rings. The number of nitrogens with zero attached hydrogens (tertiary/aromatic N) is 1. The molecule has 1 unspecified atom stereocenters. The molecule has 1 aliphatic heterocycles. The number of piperidine rings is 1. The van der Waals surface area contributed by atoms with Gasteiger partial charge in [0.2, 0.25) is 0 Å². The lowest BCUT2D eigenvalue weighted by Gasteiger charge is -2.33. The van der Waals surface area contributed by atoms with Gasteiger partial charge in [-0.25, -0.2) is 4.79 Å². The maximum absolute atomic E-state index is 10.8. The summed E-state index contributed by atoms with van der Waals surface area (Å²) >= 11 is 0. The van der Waals surface area contributed by atoms with Gasteiger partial charge in [0.25, 0.3) is 0 Å². The average Bonchev–Trinajstić information content (AvgIpc) is 2.17. The Labute approximate surface area is 79.3 Å². The van der Waals surface area contributed by atoms with Crippen molar-refractivity contribution in [1.82, 2.24) is 4.90 Å². The van der Waals surface area contributed by atoms with Gasteiger partial charge in [-0.15, -0.1) is 0 Å². The van der Waals surface area contributed by atoms with E-state index in [-0.39, 0.29) is 12.1 Å². The van der Waals surface area contributed by atoms with Crippen LogP contribution in [0.4, 0.5) is 4.79 Å². The first-order valence-electron chi connectivity index (χ1n) is 4.95. The van der Waals surface area contributed by atoms with E-state index in [1.165, 1.54) is 0 Å². The molecule has 1 heterocycles. The summed E-state index contributed by atoms with van der Waals surface area (Å²) in [6.07, 6.45) is 3.01. The van der Waals surface area contributed by atoms with E-state index >= 15 is 0 Å². The first-order chi connectivity index (χ1) is 6.15. The second kappa shape index (κ2) is 4.46. The molecule has 4 heteroatoms. The number of carbonyl (C=O) groups is 1. The van der Waals surface area contributed by atoms with Crippen LogP contribution < -0.4 is 11.5 Å². The summed E-state index contributed by atoms with van der Waals surface area (Å²) in [4.78, 5) is 12.5. The Morgan fingerprint density at radius 3 is 2.46 bits per heavy atom. The molecular formula is C9H19N3O. The summed E-state index contributed by atoms with van der Waals surface area (Å²) in [6, 6.07) is -0.0152. The second-order valence-corrected chi connectivity index (χ2v) is 3.73. The third-order valence-corrected chi connectivity index (χ3v) is 2.93. The monoisotopic (exact) mass is 185 g/mol. The maximum atomic E-state index is 10.8. The molecule has 0 spiro atoms. The molecule has 1 aliphatic rings. The van der Waals surface area contributed by atoms with Gasteiger partial charge in [-0.1, -0.05) is 6.92 Å². The lowest BCUT2D eigenvalue weighted by atomic mass is 9.89. The van der Waals surface area contributed by atoms with E-state index in [0.29, 0.717) is 5.92 Å². The second-order valence-electron chi connectivity index (χ2n) is 3.73. The van der Waals surface area contributed by atoms with E-state index in [1.807, 2.05) is 0 Å². The van der Waals surface area contributed by atoms with Gasteiger partial charge in [-0.3, -0.25) is 0 Å². The number of likely N-dealkylation sites (tertiary alicyclic amines) is 1. The highest BCUT2D eigenvalue weighted by Gasteiger charge is 2.24. The fraction of sp³-hybridized carbons (Fsp3) is 0.889. The van der Waals surface area contributed by atoms with E-state index in [2.05, 4.69) is 6.92 Å². The number of carbonyl (C=O) groups excluding carboxylic acids is 1. The van der Waals surface area contributed by atoms with Crippen LogP contribution in [-0.4, -0.2) is 30.1 Å². The molecule has 4 N–H and O–H groups in total. The summed E-state index contributed by atoms with van der Waals surface area (Å²) in [5.41, 5.74) is 11.1. The van der Waals surface area contributed by atoms with Gasteiger partial charge in [0.15, 0.2) is 0 Å². The number of amides is 2. The zero-order valence-corrected chi connectivity index (χ0v) is 8.20. The molecule has 0 aromatic heterocycles. The van der Waals surface area contributed by atoms with Crippen LogP contribution in [0.1, 0.15) is 26.2 Å². The van der Waals surface area contributed by atoms with Crippen LogP contribution >= 0.6 is 0 Å². The Balaban J connectivity index is 2.34. The molecule has 0 saturated carbocycles. The van der Waals surface area contributed by atoms with E-state index < -0.39 is 0 Å². The van der Waals surface area contributed by atoms with E-state index in [0.717, 1.165) is 32.4 Å². The van der Waals surface area contributed by atoms with Gasteiger partial charge in [0.05, 0.1) is 0 Å². The topological polar surface area (TPSA) is 72.3 Å². The predicted molar refractivity (Wildman–Crippen MR) is 52.1 cm³/mol. The van der Waals surface area contributed by atoms with Crippen molar-refractivity contribution >= 4 is 6.03 Å². The maximum Gasteiger partial charge on any atom is 0.314 e. The van der Waals surface area contributed by atoms with Crippen molar-refractivity contribution in [3.05, 3.63) is 0 Å². The normalized spacial score (nSPS) is 21.5. The average molecular weight is 185 g/mol. The Hall–Kier alpha value is -0.770. The van der Waals surface area contributed by atoms with Crippen LogP contribution in [0.5, 0.6) is 0 Å². The van der Waals surface area contributed by atoms with Crippen molar-refractivity contribution < 1.29 is 4.79 Å². The molecule has 0 aromatic carbocycles. The Bertz CT molecular complexity index is 176. The van der Waals surface area contributed by atoms with Crippen LogP contribution in [0, 0.1) is 5.92 Å². The fourth-order valence-electron chi connectivity index (χ4n) is 1.88. The van der Waals surface area contributed by atoms with Crippen molar-refractivity contribution in [2.24, 2.45) is 17.4 Å². The molecule has 0 bridgehead atoms.